The Balaban J connectivity index is 1.76. The fourth-order valence-corrected chi connectivity index (χ4v) is 4.46. The first-order chi connectivity index (χ1) is 19.9. The van der Waals surface area contributed by atoms with Gasteiger partial charge in [-0.25, -0.2) is 4.79 Å². The van der Waals surface area contributed by atoms with E-state index in [0.717, 1.165) is 4.90 Å². The van der Waals surface area contributed by atoms with Crippen molar-refractivity contribution in [3.63, 3.8) is 0 Å². The van der Waals surface area contributed by atoms with Gasteiger partial charge in [0.2, 0.25) is 5.91 Å². The zero-order valence-corrected chi connectivity index (χ0v) is 24.1. The van der Waals surface area contributed by atoms with E-state index in [9.17, 15) is 14.7 Å². The summed E-state index contributed by atoms with van der Waals surface area (Å²) < 4.78 is 17.8. The maximum Gasteiger partial charge on any atom is 0.412 e. The monoisotopic (exact) mass is 579 g/mol. The molecular weight excluding hydrogens is 542 g/mol. The minimum atomic E-state index is -0.832. The lowest BCUT2D eigenvalue weighted by Gasteiger charge is -2.28. The minimum Gasteiger partial charge on any atom is -0.491 e. The maximum absolute atomic E-state index is 13.1. The molecular formula is C31H37N3O6S. The van der Waals surface area contributed by atoms with Crippen LogP contribution in [0.2, 0.25) is 0 Å². The number of hydrogen-bond acceptors (Lipinski definition) is 8. The quantitative estimate of drug-likeness (QED) is 0.0975. The van der Waals surface area contributed by atoms with Crippen LogP contribution in [0.15, 0.2) is 89.8 Å². The first kappa shape index (κ1) is 31.5. The van der Waals surface area contributed by atoms with Crippen molar-refractivity contribution in [3.05, 3.63) is 90.5 Å². The Morgan fingerprint density at radius 2 is 1.76 bits per heavy atom. The first-order valence-electron chi connectivity index (χ1n) is 13.3. The molecule has 0 aromatic heterocycles. The Bertz CT molecular complexity index is 1280. The number of rotatable bonds is 15. The van der Waals surface area contributed by atoms with Gasteiger partial charge >= 0.3 is 6.09 Å². The van der Waals surface area contributed by atoms with Gasteiger partial charge in [0.05, 0.1) is 24.1 Å². The second-order valence-corrected chi connectivity index (χ2v) is 9.72. The summed E-state index contributed by atoms with van der Waals surface area (Å²) in [5, 5.41) is 14.8. The number of carbonyl (C=O) groups is 2. The number of amides is 2. The van der Waals surface area contributed by atoms with Crippen LogP contribution in [0.3, 0.4) is 0 Å². The van der Waals surface area contributed by atoms with Crippen LogP contribution >= 0.6 is 11.8 Å². The number of hydrogen-bond donors (Lipinski definition) is 4. The van der Waals surface area contributed by atoms with E-state index in [2.05, 4.69) is 10.6 Å². The lowest BCUT2D eigenvalue weighted by molar-refractivity contribution is -0.111. The summed E-state index contributed by atoms with van der Waals surface area (Å²) in [6, 6.07) is 21.6. The molecule has 3 rings (SSSR count). The molecule has 5 N–H and O–H groups in total. The summed E-state index contributed by atoms with van der Waals surface area (Å²) in [5.41, 5.74) is 8.12. The van der Waals surface area contributed by atoms with Crippen molar-refractivity contribution in [2.75, 3.05) is 42.4 Å². The molecule has 10 heteroatoms. The molecule has 0 fully saturated rings. The highest BCUT2D eigenvalue weighted by Gasteiger charge is 2.30. The van der Waals surface area contributed by atoms with Gasteiger partial charge in [-0.2, -0.15) is 0 Å². The topological polar surface area (TPSA) is 132 Å². The molecule has 0 heterocycles. The van der Waals surface area contributed by atoms with Crippen molar-refractivity contribution in [3.8, 4) is 5.75 Å². The molecule has 0 aliphatic heterocycles. The summed E-state index contributed by atoms with van der Waals surface area (Å²) in [4.78, 5) is 26.5. The van der Waals surface area contributed by atoms with E-state index in [4.69, 9.17) is 19.9 Å². The number of aliphatic hydroxyl groups excluding tert-OH is 1. The second-order valence-electron chi connectivity index (χ2n) is 8.84. The third kappa shape index (κ3) is 10.2. The summed E-state index contributed by atoms with van der Waals surface area (Å²) in [6.45, 7) is 2.15. The average Bonchev–Trinajstić information content (AvgIpc) is 2.98. The molecule has 0 bridgehead atoms. The van der Waals surface area contributed by atoms with Gasteiger partial charge in [-0.05, 0) is 74.6 Å². The molecule has 41 heavy (non-hydrogen) atoms. The number of nitrogen functional groups attached to an aromatic ring is 1. The third-order valence-electron chi connectivity index (χ3n) is 5.97. The number of carbonyl (C=O) groups excluding carboxylic acids is 2. The molecule has 2 amide bonds. The fraction of sp³-hybridized carbons (Fsp3) is 0.290. The molecule has 0 aliphatic rings. The lowest BCUT2D eigenvalue weighted by Crippen LogP contribution is -2.29. The standard InChI is InChI=1S/C31H37N3O6S/c1-3-38-28(14-8-9-15-29(36)34-26-12-6-5-11-25(26)32)30(24-10-4-7-13-27(24)39-21-20-35)40-31(37)33-22-16-18-23(41-2)19-17-22/h4-7,9-13,15-19,28,30,35H,3,8,14,20-21,32H2,1-2H3,(H,33,37)(H,34,36)/b15-9+/t28-,30-/m1/s1. The number of anilines is 3. The van der Waals surface area contributed by atoms with Crippen molar-refractivity contribution in [1.82, 2.24) is 0 Å². The van der Waals surface area contributed by atoms with Gasteiger partial charge in [-0.15, -0.1) is 11.8 Å². The predicted molar refractivity (Wildman–Crippen MR) is 163 cm³/mol. The van der Waals surface area contributed by atoms with E-state index in [1.807, 2.05) is 31.4 Å². The van der Waals surface area contributed by atoms with Crippen LogP contribution in [-0.4, -0.2) is 49.3 Å². The molecule has 2 atom stereocenters. The number of nitrogens with two attached hydrogens (primary N) is 1. The largest absolute Gasteiger partial charge is 0.491 e. The Hall–Kier alpha value is -3.99. The molecule has 0 aliphatic carbocycles. The molecule has 0 radical (unpaired) electrons. The van der Waals surface area contributed by atoms with Crippen molar-refractivity contribution < 1.29 is 28.9 Å². The number of nitrogens with one attached hydrogen (secondary N) is 2. The van der Waals surface area contributed by atoms with Crippen LogP contribution in [0.5, 0.6) is 5.75 Å². The summed E-state index contributed by atoms with van der Waals surface area (Å²) >= 11 is 1.61. The molecule has 0 saturated carbocycles. The second kappa shape index (κ2) is 17.0. The summed E-state index contributed by atoms with van der Waals surface area (Å²) in [6.07, 6.45) is 4.03. The van der Waals surface area contributed by atoms with Crippen LogP contribution in [0.4, 0.5) is 21.9 Å². The van der Waals surface area contributed by atoms with E-state index in [-0.39, 0.29) is 19.1 Å². The molecule has 0 spiro atoms. The molecule has 3 aromatic carbocycles. The van der Waals surface area contributed by atoms with Crippen molar-refractivity contribution in [1.29, 1.82) is 0 Å². The van der Waals surface area contributed by atoms with Gasteiger partial charge in [0.25, 0.3) is 0 Å². The minimum absolute atomic E-state index is 0.0841. The van der Waals surface area contributed by atoms with E-state index < -0.39 is 18.3 Å². The lowest BCUT2D eigenvalue weighted by atomic mass is 9.99. The molecule has 9 nitrogen and oxygen atoms in total. The van der Waals surface area contributed by atoms with Crippen LogP contribution in [-0.2, 0) is 14.3 Å². The van der Waals surface area contributed by atoms with Crippen LogP contribution < -0.4 is 21.1 Å². The van der Waals surface area contributed by atoms with Crippen molar-refractivity contribution in [2.24, 2.45) is 0 Å². The van der Waals surface area contributed by atoms with Gasteiger partial charge in [0.15, 0.2) is 6.10 Å². The third-order valence-corrected chi connectivity index (χ3v) is 6.71. The number of aliphatic hydroxyl groups is 1. The highest BCUT2D eigenvalue weighted by Crippen LogP contribution is 2.34. The van der Waals surface area contributed by atoms with Crippen LogP contribution in [0, 0.1) is 0 Å². The van der Waals surface area contributed by atoms with E-state index in [0.29, 0.717) is 47.8 Å². The van der Waals surface area contributed by atoms with Crippen molar-refractivity contribution >= 4 is 40.8 Å². The van der Waals surface area contributed by atoms with Gasteiger partial charge in [-0.3, -0.25) is 10.1 Å². The number of thioether (sulfide) groups is 1. The highest BCUT2D eigenvalue weighted by atomic mass is 32.2. The first-order valence-corrected chi connectivity index (χ1v) is 14.6. The zero-order chi connectivity index (χ0) is 29.5. The van der Waals surface area contributed by atoms with Gasteiger partial charge in [0.1, 0.15) is 12.4 Å². The normalized spacial score (nSPS) is 12.5. The summed E-state index contributed by atoms with van der Waals surface area (Å²) in [7, 11) is 0. The number of ether oxygens (including phenoxy) is 3. The predicted octanol–water partition coefficient (Wildman–Crippen LogP) is 6.03. The zero-order valence-electron chi connectivity index (χ0n) is 23.2. The van der Waals surface area contributed by atoms with E-state index >= 15 is 0 Å². The van der Waals surface area contributed by atoms with Crippen LogP contribution in [0.1, 0.15) is 31.4 Å². The average molecular weight is 580 g/mol. The van der Waals surface area contributed by atoms with Gasteiger partial charge < -0.3 is 30.4 Å². The summed E-state index contributed by atoms with van der Waals surface area (Å²) in [5.74, 6) is 0.169. The van der Waals surface area contributed by atoms with E-state index in [1.54, 1.807) is 72.4 Å². The number of benzene rings is 3. The number of allylic oxidation sites excluding steroid dienone is 1. The Morgan fingerprint density at radius 3 is 2.46 bits per heavy atom. The number of para-hydroxylation sites is 3. The fourth-order valence-electron chi connectivity index (χ4n) is 4.05. The Kier molecular flexibility index (Phi) is 13.0. The van der Waals surface area contributed by atoms with Crippen molar-refractivity contribution in [2.45, 2.75) is 36.9 Å². The van der Waals surface area contributed by atoms with Gasteiger partial charge in [0, 0.05) is 22.8 Å². The maximum atomic E-state index is 13.1. The Morgan fingerprint density at radius 1 is 1.02 bits per heavy atom. The van der Waals surface area contributed by atoms with E-state index in [1.165, 1.54) is 6.08 Å². The van der Waals surface area contributed by atoms with Crippen LogP contribution in [0.25, 0.3) is 0 Å². The highest BCUT2D eigenvalue weighted by molar-refractivity contribution is 7.98. The molecule has 0 unspecified atom stereocenters. The molecule has 3 aromatic rings. The molecule has 218 valence electrons. The SMILES string of the molecule is CCO[C@H](CC/C=C/C(=O)Nc1ccccc1N)[C@H](OC(=O)Nc1ccc(SC)cc1)c1ccccc1OCCO. The Labute approximate surface area is 245 Å². The smallest absolute Gasteiger partial charge is 0.412 e. The van der Waals surface area contributed by atoms with Gasteiger partial charge in [-0.1, -0.05) is 36.4 Å². The molecule has 0 saturated heterocycles.